The minimum absolute atomic E-state index is 0.334. The lowest BCUT2D eigenvalue weighted by Gasteiger charge is -2.13. The number of furan rings is 1. The molecule has 0 unspecified atom stereocenters. The third kappa shape index (κ3) is 3.21. The SMILES string of the molecule is Cc1cccc([C@@H](C)NCc2ccc(C)o2)c1. The van der Waals surface area contributed by atoms with E-state index < -0.39 is 0 Å². The maximum atomic E-state index is 5.53. The number of aryl methyl sites for hydroxylation is 2. The van der Waals surface area contributed by atoms with E-state index in [4.69, 9.17) is 4.42 Å². The molecule has 0 spiro atoms. The fraction of sp³-hybridized carbons (Fsp3) is 0.333. The molecule has 0 aliphatic heterocycles. The quantitative estimate of drug-likeness (QED) is 0.863. The summed E-state index contributed by atoms with van der Waals surface area (Å²) in [6, 6.07) is 12.9. The fourth-order valence-electron chi connectivity index (χ4n) is 1.89. The van der Waals surface area contributed by atoms with Gasteiger partial charge in [-0.15, -0.1) is 0 Å². The van der Waals surface area contributed by atoms with Crippen LogP contribution in [0.3, 0.4) is 0 Å². The van der Waals surface area contributed by atoms with Gasteiger partial charge in [0.1, 0.15) is 11.5 Å². The molecule has 0 saturated carbocycles. The lowest BCUT2D eigenvalue weighted by molar-refractivity contribution is 0.444. The van der Waals surface area contributed by atoms with Crippen LogP contribution in [0.25, 0.3) is 0 Å². The van der Waals surface area contributed by atoms with E-state index in [1.165, 1.54) is 11.1 Å². The third-order valence-electron chi connectivity index (χ3n) is 2.92. The summed E-state index contributed by atoms with van der Waals surface area (Å²) in [4.78, 5) is 0. The van der Waals surface area contributed by atoms with Crippen LogP contribution in [0.2, 0.25) is 0 Å². The topological polar surface area (TPSA) is 25.2 Å². The van der Waals surface area contributed by atoms with Crippen LogP contribution in [0, 0.1) is 13.8 Å². The first kappa shape index (κ1) is 11.9. The van der Waals surface area contributed by atoms with Crippen molar-refractivity contribution in [3.63, 3.8) is 0 Å². The van der Waals surface area contributed by atoms with Gasteiger partial charge in [-0.05, 0) is 38.5 Å². The van der Waals surface area contributed by atoms with Crippen LogP contribution in [0.15, 0.2) is 40.8 Å². The Morgan fingerprint density at radius 2 is 2.00 bits per heavy atom. The van der Waals surface area contributed by atoms with E-state index in [1.807, 2.05) is 19.1 Å². The zero-order chi connectivity index (χ0) is 12.3. The van der Waals surface area contributed by atoms with Crippen molar-refractivity contribution in [2.75, 3.05) is 0 Å². The molecule has 17 heavy (non-hydrogen) atoms. The van der Waals surface area contributed by atoms with Gasteiger partial charge in [0, 0.05) is 6.04 Å². The lowest BCUT2D eigenvalue weighted by Crippen LogP contribution is -2.17. The molecule has 2 rings (SSSR count). The highest BCUT2D eigenvalue weighted by Crippen LogP contribution is 2.15. The Hall–Kier alpha value is -1.54. The predicted octanol–water partition coefficient (Wildman–Crippen LogP) is 3.75. The van der Waals surface area contributed by atoms with Gasteiger partial charge in [0.2, 0.25) is 0 Å². The minimum atomic E-state index is 0.334. The van der Waals surface area contributed by atoms with Crippen molar-refractivity contribution in [2.45, 2.75) is 33.4 Å². The smallest absolute Gasteiger partial charge is 0.117 e. The second kappa shape index (κ2) is 5.19. The number of hydrogen-bond acceptors (Lipinski definition) is 2. The molecule has 1 N–H and O–H groups in total. The summed E-state index contributed by atoms with van der Waals surface area (Å²) in [5.74, 6) is 1.95. The molecule has 1 aromatic heterocycles. The van der Waals surface area contributed by atoms with E-state index in [0.29, 0.717) is 6.04 Å². The van der Waals surface area contributed by atoms with E-state index in [-0.39, 0.29) is 0 Å². The minimum Gasteiger partial charge on any atom is -0.465 e. The Kier molecular flexibility index (Phi) is 3.64. The Morgan fingerprint density at radius 1 is 1.18 bits per heavy atom. The Labute approximate surface area is 103 Å². The largest absolute Gasteiger partial charge is 0.465 e. The molecule has 0 saturated heterocycles. The van der Waals surface area contributed by atoms with Crippen molar-refractivity contribution < 1.29 is 4.42 Å². The summed E-state index contributed by atoms with van der Waals surface area (Å²) in [5, 5.41) is 3.46. The summed E-state index contributed by atoms with van der Waals surface area (Å²) in [6.07, 6.45) is 0. The number of nitrogens with one attached hydrogen (secondary N) is 1. The van der Waals surface area contributed by atoms with Gasteiger partial charge in [-0.3, -0.25) is 0 Å². The van der Waals surface area contributed by atoms with Gasteiger partial charge in [0.05, 0.1) is 6.54 Å². The van der Waals surface area contributed by atoms with E-state index >= 15 is 0 Å². The van der Waals surface area contributed by atoms with Crippen molar-refractivity contribution in [1.29, 1.82) is 0 Å². The fourth-order valence-corrected chi connectivity index (χ4v) is 1.89. The molecule has 0 fully saturated rings. The Balaban J connectivity index is 1.95. The molecule has 2 aromatic rings. The Morgan fingerprint density at radius 3 is 2.65 bits per heavy atom. The standard InChI is InChI=1S/C15H19NO/c1-11-5-4-6-14(9-11)13(3)16-10-15-8-7-12(2)17-15/h4-9,13,16H,10H2,1-3H3/t13-/m1/s1. The van der Waals surface area contributed by atoms with Crippen LogP contribution >= 0.6 is 0 Å². The van der Waals surface area contributed by atoms with Gasteiger partial charge in [-0.1, -0.05) is 29.8 Å². The maximum Gasteiger partial charge on any atom is 0.117 e. The van der Waals surface area contributed by atoms with Gasteiger partial charge < -0.3 is 9.73 Å². The molecule has 90 valence electrons. The molecule has 2 nitrogen and oxygen atoms in total. The number of rotatable bonds is 4. The van der Waals surface area contributed by atoms with Gasteiger partial charge in [0.25, 0.3) is 0 Å². The highest BCUT2D eigenvalue weighted by atomic mass is 16.3. The molecule has 0 amide bonds. The second-order valence-electron chi connectivity index (χ2n) is 4.53. The zero-order valence-corrected chi connectivity index (χ0v) is 10.7. The van der Waals surface area contributed by atoms with Crippen LogP contribution in [-0.4, -0.2) is 0 Å². The zero-order valence-electron chi connectivity index (χ0n) is 10.7. The van der Waals surface area contributed by atoms with E-state index in [0.717, 1.165) is 18.1 Å². The van der Waals surface area contributed by atoms with Crippen LogP contribution in [0.1, 0.15) is 35.6 Å². The summed E-state index contributed by atoms with van der Waals surface area (Å²) < 4.78 is 5.53. The summed E-state index contributed by atoms with van der Waals surface area (Å²) in [7, 11) is 0. The molecule has 1 heterocycles. The van der Waals surface area contributed by atoms with Crippen molar-refractivity contribution in [3.05, 3.63) is 59.0 Å². The second-order valence-corrected chi connectivity index (χ2v) is 4.53. The van der Waals surface area contributed by atoms with E-state index in [9.17, 15) is 0 Å². The number of benzene rings is 1. The maximum absolute atomic E-state index is 5.53. The molecule has 0 radical (unpaired) electrons. The Bertz CT molecular complexity index is 487. The molecule has 0 aliphatic rings. The monoisotopic (exact) mass is 229 g/mol. The normalized spacial score (nSPS) is 12.6. The average Bonchev–Trinajstić information content (AvgIpc) is 2.72. The first-order valence-electron chi connectivity index (χ1n) is 6.00. The molecule has 1 atom stereocenters. The van der Waals surface area contributed by atoms with Gasteiger partial charge in [0.15, 0.2) is 0 Å². The van der Waals surface area contributed by atoms with Crippen LogP contribution < -0.4 is 5.32 Å². The van der Waals surface area contributed by atoms with Gasteiger partial charge in [-0.25, -0.2) is 0 Å². The molecular weight excluding hydrogens is 210 g/mol. The predicted molar refractivity (Wildman–Crippen MR) is 69.9 cm³/mol. The van der Waals surface area contributed by atoms with Crippen molar-refractivity contribution >= 4 is 0 Å². The molecule has 0 bridgehead atoms. The number of hydrogen-bond donors (Lipinski definition) is 1. The molecule has 2 heteroatoms. The summed E-state index contributed by atoms with van der Waals surface area (Å²) >= 11 is 0. The molecule has 1 aromatic carbocycles. The molecule has 0 aliphatic carbocycles. The molecular formula is C15H19NO. The van der Waals surface area contributed by atoms with Crippen LogP contribution in [0.5, 0.6) is 0 Å². The van der Waals surface area contributed by atoms with Gasteiger partial charge >= 0.3 is 0 Å². The van der Waals surface area contributed by atoms with Crippen molar-refractivity contribution in [1.82, 2.24) is 5.32 Å². The van der Waals surface area contributed by atoms with Crippen LogP contribution in [-0.2, 0) is 6.54 Å². The van der Waals surface area contributed by atoms with Crippen LogP contribution in [0.4, 0.5) is 0 Å². The van der Waals surface area contributed by atoms with E-state index in [1.54, 1.807) is 0 Å². The highest BCUT2D eigenvalue weighted by molar-refractivity contribution is 5.24. The summed E-state index contributed by atoms with van der Waals surface area (Å²) in [5.41, 5.74) is 2.61. The third-order valence-corrected chi connectivity index (χ3v) is 2.92. The van der Waals surface area contributed by atoms with Gasteiger partial charge in [-0.2, -0.15) is 0 Å². The lowest BCUT2D eigenvalue weighted by atomic mass is 10.1. The van der Waals surface area contributed by atoms with E-state index in [2.05, 4.69) is 43.4 Å². The summed E-state index contributed by atoms with van der Waals surface area (Å²) in [6.45, 7) is 7.02. The first-order valence-corrected chi connectivity index (χ1v) is 6.00. The highest BCUT2D eigenvalue weighted by Gasteiger charge is 2.06. The first-order chi connectivity index (χ1) is 8.15. The van der Waals surface area contributed by atoms with Crippen molar-refractivity contribution in [2.24, 2.45) is 0 Å². The van der Waals surface area contributed by atoms with Crippen molar-refractivity contribution in [3.8, 4) is 0 Å². The average molecular weight is 229 g/mol.